The van der Waals surface area contributed by atoms with Gasteiger partial charge in [-0.25, -0.2) is 0 Å². The molecule has 2 aromatic rings. The molecular formula is C13H12BrClN2O. The number of halogens is 2. The minimum Gasteiger partial charge on any atom is -0.483 e. The molecular weight excluding hydrogens is 316 g/mol. The highest BCUT2D eigenvalue weighted by Gasteiger charge is 2.13. The second kappa shape index (κ2) is 6.18. The number of hydrogen-bond donors (Lipinski definition) is 1. The smallest absolute Gasteiger partial charge is 0.138 e. The summed E-state index contributed by atoms with van der Waals surface area (Å²) in [4.78, 5) is 4.06. The fraction of sp³-hybridized carbons (Fsp3) is 0.154. The van der Waals surface area contributed by atoms with Crippen LogP contribution in [0.2, 0.25) is 5.02 Å². The average Bonchev–Trinajstić information content (AvgIpc) is 2.39. The van der Waals surface area contributed by atoms with E-state index in [4.69, 9.17) is 22.1 Å². The van der Waals surface area contributed by atoms with E-state index in [2.05, 4.69) is 20.9 Å². The SMILES string of the molecule is NCC(Oc1ccc(Br)cc1Cl)c1cccnc1. The fourth-order valence-corrected chi connectivity index (χ4v) is 2.26. The Kier molecular flexibility index (Phi) is 4.58. The van der Waals surface area contributed by atoms with E-state index in [0.717, 1.165) is 10.0 Å². The van der Waals surface area contributed by atoms with Gasteiger partial charge in [-0.1, -0.05) is 33.6 Å². The first kappa shape index (κ1) is 13.3. The number of benzene rings is 1. The Morgan fingerprint density at radius 3 is 2.83 bits per heavy atom. The summed E-state index contributed by atoms with van der Waals surface area (Å²) in [5.74, 6) is 0.610. The topological polar surface area (TPSA) is 48.1 Å². The van der Waals surface area contributed by atoms with E-state index in [1.54, 1.807) is 18.5 Å². The lowest BCUT2D eigenvalue weighted by molar-refractivity contribution is 0.214. The van der Waals surface area contributed by atoms with Gasteiger partial charge < -0.3 is 10.5 Å². The molecule has 0 bridgehead atoms. The maximum Gasteiger partial charge on any atom is 0.138 e. The van der Waals surface area contributed by atoms with E-state index in [1.165, 1.54) is 0 Å². The van der Waals surface area contributed by atoms with Crippen molar-refractivity contribution in [2.75, 3.05) is 6.54 Å². The molecule has 0 aliphatic heterocycles. The zero-order chi connectivity index (χ0) is 13.0. The normalized spacial score (nSPS) is 12.2. The van der Waals surface area contributed by atoms with Crippen molar-refractivity contribution in [2.24, 2.45) is 5.73 Å². The summed E-state index contributed by atoms with van der Waals surface area (Å²) in [5, 5.41) is 0.548. The summed E-state index contributed by atoms with van der Waals surface area (Å²) in [7, 11) is 0. The molecule has 0 fully saturated rings. The van der Waals surface area contributed by atoms with Gasteiger partial charge in [-0.3, -0.25) is 4.98 Å². The van der Waals surface area contributed by atoms with Crippen molar-refractivity contribution in [3.8, 4) is 5.75 Å². The number of aromatic nitrogens is 1. The molecule has 0 saturated heterocycles. The highest BCUT2D eigenvalue weighted by atomic mass is 79.9. The molecule has 1 atom stereocenters. The molecule has 1 heterocycles. The van der Waals surface area contributed by atoms with Crippen LogP contribution in [-0.4, -0.2) is 11.5 Å². The maximum absolute atomic E-state index is 6.11. The summed E-state index contributed by atoms with van der Waals surface area (Å²) < 4.78 is 6.73. The molecule has 2 rings (SSSR count). The molecule has 5 heteroatoms. The fourth-order valence-electron chi connectivity index (χ4n) is 1.54. The number of nitrogens with two attached hydrogens (primary N) is 1. The van der Waals surface area contributed by atoms with Gasteiger partial charge in [0.1, 0.15) is 11.9 Å². The van der Waals surface area contributed by atoms with Gasteiger partial charge in [-0.05, 0) is 24.3 Å². The molecule has 0 aliphatic rings. The average molecular weight is 328 g/mol. The summed E-state index contributed by atoms with van der Waals surface area (Å²) in [5.41, 5.74) is 6.66. The zero-order valence-electron chi connectivity index (χ0n) is 9.51. The van der Waals surface area contributed by atoms with Crippen molar-refractivity contribution in [1.29, 1.82) is 0 Å². The predicted molar refractivity (Wildman–Crippen MR) is 75.8 cm³/mol. The highest BCUT2D eigenvalue weighted by molar-refractivity contribution is 9.10. The molecule has 94 valence electrons. The van der Waals surface area contributed by atoms with Gasteiger partial charge in [0.15, 0.2) is 0 Å². The Bertz CT molecular complexity index is 522. The second-order valence-electron chi connectivity index (χ2n) is 3.70. The molecule has 2 N–H and O–H groups in total. The van der Waals surface area contributed by atoms with Gasteiger partial charge in [-0.2, -0.15) is 0 Å². The van der Waals surface area contributed by atoms with Crippen molar-refractivity contribution in [3.05, 3.63) is 57.8 Å². The van der Waals surface area contributed by atoms with E-state index in [1.807, 2.05) is 24.3 Å². The van der Waals surface area contributed by atoms with E-state index >= 15 is 0 Å². The third-order valence-corrected chi connectivity index (χ3v) is 3.22. The molecule has 3 nitrogen and oxygen atoms in total. The van der Waals surface area contributed by atoms with Crippen LogP contribution in [-0.2, 0) is 0 Å². The predicted octanol–water partition coefficient (Wildman–Crippen LogP) is 3.58. The van der Waals surface area contributed by atoms with Crippen molar-refractivity contribution in [2.45, 2.75) is 6.10 Å². The molecule has 1 aromatic heterocycles. The molecule has 18 heavy (non-hydrogen) atoms. The standard InChI is InChI=1S/C13H12BrClN2O/c14-10-3-4-12(11(15)6-10)18-13(7-16)9-2-1-5-17-8-9/h1-6,8,13H,7,16H2. The Hall–Kier alpha value is -1.10. The van der Waals surface area contributed by atoms with Gasteiger partial charge in [-0.15, -0.1) is 0 Å². The number of ether oxygens (including phenoxy) is 1. The number of rotatable bonds is 4. The van der Waals surface area contributed by atoms with E-state index in [-0.39, 0.29) is 6.10 Å². The highest BCUT2D eigenvalue weighted by Crippen LogP contribution is 2.31. The molecule has 0 spiro atoms. The molecule has 0 aliphatic carbocycles. The Balaban J connectivity index is 2.21. The van der Waals surface area contributed by atoms with Gasteiger partial charge in [0, 0.05) is 29.0 Å². The first-order chi connectivity index (χ1) is 8.70. The molecule has 1 aromatic carbocycles. The number of pyridine rings is 1. The number of hydrogen-bond acceptors (Lipinski definition) is 3. The van der Waals surface area contributed by atoms with Gasteiger partial charge in [0.2, 0.25) is 0 Å². The first-order valence-electron chi connectivity index (χ1n) is 5.42. The number of nitrogens with zero attached hydrogens (tertiary/aromatic N) is 1. The van der Waals surface area contributed by atoms with Crippen molar-refractivity contribution < 1.29 is 4.74 Å². The van der Waals surface area contributed by atoms with Crippen molar-refractivity contribution >= 4 is 27.5 Å². The molecule has 0 amide bonds. The first-order valence-corrected chi connectivity index (χ1v) is 6.59. The summed E-state index contributed by atoms with van der Waals surface area (Å²) in [6, 6.07) is 9.25. The third-order valence-electron chi connectivity index (χ3n) is 2.43. The maximum atomic E-state index is 6.11. The Morgan fingerprint density at radius 1 is 1.39 bits per heavy atom. The Morgan fingerprint density at radius 2 is 2.22 bits per heavy atom. The molecule has 1 unspecified atom stereocenters. The summed E-state index contributed by atoms with van der Waals surface area (Å²) in [6.45, 7) is 0.359. The second-order valence-corrected chi connectivity index (χ2v) is 5.03. The van der Waals surface area contributed by atoms with Crippen LogP contribution in [0.25, 0.3) is 0 Å². The van der Waals surface area contributed by atoms with Crippen LogP contribution in [0.15, 0.2) is 47.2 Å². The third kappa shape index (κ3) is 3.22. The lowest BCUT2D eigenvalue weighted by atomic mass is 10.1. The lowest BCUT2D eigenvalue weighted by Gasteiger charge is -2.18. The largest absolute Gasteiger partial charge is 0.483 e. The van der Waals surface area contributed by atoms with Crippen molar-refractivity contribution in [3.63, 3.8) is 0 Å². The van der Waals surface area contributed by atoms with E-state index in [9.17, 15) is 0 Å². The van der Waals surface area contributed by atoms with Gasteiger partial charge in [0.25, 0.3) is 0 Å². The van der Waals surface area contributed by atoms with Crippen LogP contribution >= 0.6 is 27.5 Å². The summed E-state index contributed by atoms with van der Waals surface area (Å²) >= 11 is 9.46. The van der Waals surface area contributed by atoms with Crippen LogP contribution in [0.5, 0.6) is 5.75 Å². The Labute approximate surface area is 119 Å². The van der Waals surface area contributed by atoms with Crippen LogP contribution in [0.3, 0.4) is 0 Å². The van der Waals surface area contributed by atoms with Crippen LogP contribution in [0.4, 0.5) is 0 Å². The molecule has 0 radical (unpaired) electrons. The van der Waals surface area contributed by atoms with Gasteiger partial charge in [0.05, 0.1) is 5.02 Å². The van der Waals surface area contributed by atoms with Crippen LogP contribution in [0.1, 0.15) is 11.7 Å². The van der Waals surface area contributed by atoms with Gasteiger partial charge >= 0.3 is 0 Å². The molecule has 0 saturated carbocycles. The minimum atomic E-state index is -0.252. The van der Waals surface area contributed by atoms with Crippen molar-refractivity contribution in [1.82, 2.24) is 4.98 Å². The van der Waals surface area contributed by atoms with E-state index in [0.29, 0.717) is 17.3 Å². The zero-order valence-corrected chi connectivity index (χ0v) is 11.9. The summed E-state index contributed by atoms with van der Waals surface area (Å²) in [6.07, 6.45) is 3.20. The minimum absolute atomic E-state index is 0.252. The van der Waals surface area contributed by atoms with Crippen LogP contribution in [0, 0.1) is 0 Å². The quantitative estimate of drug-likeness (QED) is 0.934. The lowest BCUT2D eigenvalue weighted by Crippen LogP contribution is -2.18. The van der Waals surface area contributed by atoms with E-state index < -0.39 is 0 Å². The monoisotopic (exact) mass is 326 g/mol. The van der Waals surface area contributed by atoms with Crippen LogP contribution < -0.4 is 10.5 Å².